The lowest BCUT2D eigenvalue weighted by Crippen LogP contribution is -2.13. The Hall–Kier alpha value is -0.550. The molecular formula is C11H19N3OS. The Morgan fingerprint density at radius 3 is 2.88 bits per heavy atom. The zero-order valence-electron chi connectivity index (χ0n) is 9.90. The quantitative estimate of drug-likeness (QED) is 0.874. The van der Waals surface area contributed by atoms with E-state index < -0.39 is 0 Å². The fourth-order valence-electron chi connectivity index (χ4n) is 1.85. The van der Waals surface area contributed by atoms with Crippen LogP contribution in [0.1, 0.15) is 37.6 Å². The van der Waals surface area contributed by atoms with E-state index in [0.29, 0.717) is 5.89 Å². The van der Waals surface area contributed by atoms with Crippen LogP contribution in [0.4, 0.5) is 0 Å². The summed E-state index contributed by atoms with van der Waals surface area (Å²) in [6, 6.07) is 0.142. The number of nitrogens with zero attached hydrogens (tertiary/aromatic N) is 2. The van der Waals surface area contributed by atoms with Crippen molar-refractivity contribution in [2.45, 2.75) is 32.2 Å². The molecule has 0 bridgehead atoms. The van der Waals surface area contributed by atoms with E-state index in [1.54, 1.807) is 0 Å². The molecule has 1 unspecified atom stereocenters. The van der Waals surface area contributed by atoms with E-state index >= 15 is 0 Å². The monoisotopic (exact) mass is 241 g/mol. The highest BCUT2D eigenvalue weighted by Crippen LogP contribution is 2.25. The number of nitrogens with one attached hydrogen (secondary N) is 1. The predicted molar refractivity (Wildman–Crippen MR) is 65.5 cm³/mol. The molecule has 5 heteroatoms. The van der Waals surface area contributed by atoms with Crippen molar-refractivity contribution in [1.29, 1.82) is 0 Å². The number of thioether (sulfide) groups is 1. The van der Waals surface area contributed by atoms with E-state index in [9.17, 15) is 0 Å². The van der Waals surface area contributed by atoms with Crippen LogP contribution in [0.2, 0.25) is 0 Å². The minimum atomic E-state index is 0.142. The molecule has 0 aliphatic carbocycles. The molecule has 1 N–H and O–H groups in total. The molecule has 1 aliphatic rings. The van der Waals surface area contributed by atoms with Crippen LogP contribution in [-0.4, -0.2) is 28.8 Å². The van der Waals surface area contributed by atoms with Crippen molar-refractivity contribution in [3.05, 3.63) is 11.8 Å². The first-order valence-electron chi connectivity index (χ1n) is 5.87. The van der Waals surface area contributed by atoms with E-state index in [-0.39, 0.29) is 6.04 Å². The summed E-state index contributed by atoms with van der Waals surface area (Å²) in [5.74, 6) is 4.79. The summed E-state index contributed by atoms with van der Waals surface area (Å²) in [6.45, 7) is 2.02. The Kier molecular flexibility index (Phi) is 4.23. The smallest absolute Gasteiger partial charge is 0.233 e. The van der Waals surface area contributed by atoms with Crippen LogP contribution < -0.4 is 5.32 Å². The summed E-state index contributed by atoms with van der Waals surface area (Å²) in [6.07, 6.45) is 3.51. The van der Waals surface area contributed by atoms with Gasteiger partial charge in [-0.25, -0.2) is 0 Å². The van der Waals surface area contributed by atoms with Crippen LogP contribution in [0.5, 0.6) is 0 Å². The minimum Gasteiger partial charge on any atom is -0.424 e. The standard InChI is InChI=1S/C11H19N3OS/c1-8(12-2)11-14-13-10(15-11)7-9-3-5-16-6-4-9/h8-9,12H,3-7H2,1-2H3. The predicted octanol–water partition coefficient (Wildman–Crippen LogP) is 2.04. The summed E-state index contributed by atoms with van der Waals surface area (Å²) >= 11 is 2.05. The Balaban J connectivity index is 1.91. The lowest BCUT2D eigenvalue weighted by molar-refractivity contribution is 0.370. The molecule has 16 heavy (non-hydrogen) atoms. The van der Waals surface area contributed by atoms with Crippen LogP contribution in [0.3, 0.4) is 0 Å². The van der Waals surface area contributed by atoms with Crippen molar-refractivity contribution in [3.63, 3.8) is 0 Å². The molecule has 0 saturated carbocycles. The molecule has 1 aliphatic heterocycles. The number of hydrogen-bond acceptors (Lipinski definition) is 5. The Labute approximate surface area is 101 Å². The van der Waals surface area contributed by atoms with Crippen LogP contribution in [0.15, 0.2) is 4.42 Å². The summed E-state index contributed by atoms with van der Waals surface area (Å²) in [5.41, 5.74) is 0. The Morgan fingerprint density at radius 1 is 1.44 bits per heavy atom. The van der Waals surface area contributed by atoms with Gasteiger partial charge < -0.3 is 9.73 Å². The fourth-order valence-corrected chi connectivity index (χ4v) is 3.05. The summed E-state index contributed by atoms with van der Waals surface area (Å²) in [7, 11) is 1.90. The van der Waals surface area contributed by atoms with E-state index in [1.165, 1.54) is 24.3 Å². The van der Waals surface area contributed by atoms with Crippen molar-refractivity contribution < 1.29 is 4.42 Å². The van der Waals surface area contributed by atoms with Crippen molar-refractivity contribution in [3.8, 4) is 0 Å². The maximum absolute atomic E-state index is 5.65. The van der Waals surface area contributed by atoms with E-state index in [1.807, 2.05) is 25.7 Å². The molecule has 90 valence electrons. The van der Waals surface area contributed by atoms with Gasteiger partial charge in [0.05, 0.1) is 6.04 Å². The SMILES string of the molecule is CNC(C)c1nnc(CC2CCSCC2)o1. The van der Waals surface area contributed by atoms with Gasteiger partial charge in [-0.3, -0.25) is 0 Å². The largest absolute Gasteiger partial charge is 0.424 e. The van der Waals surface area contributed by atoms with Gasteiger partial charge in [-0.2, -0.15) is 11.8 Å². The molecule has 0 radical (unpaired) electrons. The van der Waals surface area contributed by atoms with E-state index in [0.717, 1.165) is 18.2 Å². The van der Waals surface area contributed by atoms with Crippen LogP contribution in [0, 0.1) is 5.92 Å². The van der Waals surface area contributed by atoms with Gasteiger partial charge in [-0.15, -0.1) is 10.2 Å². The van der Waals surface area contributed by atoms with Gasteiger partial charge in [0.25, 0.3) is 0 Å². The summed E-state index contributed by atoms with van der Waals surface area (Å²) < 4.78 is 5.65. The summed E-state index contributed by atoms with van der Waals surface area (Å²) in [5, 5.41) is 11.3. The van der Waals surface area contributed by atoms with Gasteiger partial charge >= 0.3 is 0 Å². The number of rotatable bonds is 4. The molecule has 1 atom stereocenters. The highest BCUT2D eigenvalue weighted by molar-refractivity contribution is 7.99. The average molecular weight is 241 g/mol. The molecule has 1 fully saturated rings. The van der Waals surface area contributed by atoms with Crippen LogP contribution >= 0.6 is 11.8 Å². The second-order valence-electron chi connectivity index (χ2n) is 4.30. The second-order valence-corrected chi connectivity index (χ2v) is 5.53. The van der Waals surface area contributed by atoms with E-state index in [2.05, 4.69) is 15.5 Å². The first-order valence-corrected chi connectivity index (χ1v) is 7.02. The molecule has 2 heterocycles. The van der Waals surface area contributed by atoms with E-state index in [4.69, 9.17) is 4.42 Å². The molecule has 0 aromatic carbocycles. The van der Waals surface area contributed by atoms with Gasteiger partial charge in [0.1, 0.15) is 0 Å². The molecule has 2 rings (SSSR count). The minimum absolute atomic E-state index is 0.142. The molecule has 1 aromatic rings. The molecule has 0 spiro atoms. The topological polar surface area (TPSA) is 51.0 Å². The Bertz CT molecular complexity index is 323. The first-order chi connectivity index (χ1) is 7.79. The summed E-state index contributed by atoms with van der Waals surface area (Å²) in [4.78, 5) is 0. The fraction of sp³-hybridized carbons (Fsp3) is 0.818. The van der Waals surface area contributed by atoms with Gasteiger partial charge in [0, 0.05) is 6.42 Å². The third-order valence-corrected chi connectivity index (χ3v) is 4.14. The molecule has 0 amide bonds. The second kappa shape index (κ2) is 5.68. The first kappa shape index (κ1) is 11.9. The normalized spacial score (nSPS) is 19.9. The van der Waals surface area contributed by atoms with Crippen molar-refractivity contribution >= 4 is 11.8 Å². The zero-order valence-corrected chi connectivity index (χ0v) is 10.7. The van der Waals surface area contributed by atoms with Crippen molar-refractivity contribution in [2.75, 3.05) is 18.6 Å². The Morgan fingerprint density at radius 2 is 2.19 bits per heavy atom. The lowest BCUT2D eigenvalue weighted by Gasteiger charge is -2.19. The highest BCUT2D eigenvalue weighted by atomic mass is 32.2. The third kappa shape index (κ3) is 2.98. The maximum atomic E-state index is 5.65. The maximum Gasteiger partial charge on any atom is 0.233 e. The van der Waals surface area contributed by atoms with Crippen LogP contribution in [0.25, 0.3) is 0 Å². The molecule has 1 aromatic heterocycles. The lowest BCUT2D eigenvalue weighted by atomic mass is 9.99. The number of hydrogen-bond donors (Lipinski definition) is 1. The molecule has 1 saturated heterocycles. The highest BCUT2D eigenvalue weighted by Gasteiger charge is 2.18. The van der Waals surface area contributed by atoms with Gasteiger partial charge in [-0.05, 0) is 44.2 Å². The third-order valence-electron chi connectivity index (χ3n) is 3.09. The van der Waals surface area contributed by atoms with Crippen molar-refractivity contribution in [1.82, 2.24) is 15.5 Å². The van der Waals surface area contributed by atoms with Crippen LogP contribution in [-0.2, 0) is 6.42 Å². The average Bonchev–Trinajstić information content (AvgIpc) is 2.78. The molecule has 4 nitrogen and oxygen atoms in total. The number of aromatic nitrogens is 2. The van der Waals surface area contributed by atoms with Gasteiger partial charge in [0.15, 0.2) is 0 Å². The molecular weight excluding hydrogens is 222 g/mol. The van der Waals surface area contributed by atoms with Crippen molar-refractivity contribution in [2.24, 2.45) is 5.92 Å². The van der Waals surface area contributed by atoms with Gasteiger partial charge in [0.2, 0.25) is 11.8 Å². The zero-order chi connectivity index (χ0) is 11.4. The van der Waals surface area contributed by atoms with Gasteiger partial charge in [-0.1, -0.05) is 0 Å².